The first-order valence-electron chi connectivity index (χ1n) is 4.71. The Hall–Kier alpha value is -0.160. The van der Waals surface area contributed by atoms with E-state index in [0.29, 0.717) is 5.37 Å². The summed E-state index contributed by atoms with van der Waals surface area (Å²) in [5.41, 5.74) is 0. The summed E-state index contributed by atoms with van der Waals surface area (Å²) >= 11 is 5.48. The Balaban J connectivity index is 2.18. The van der Waals surface area contributed by atoms with Crippen molar-refractivity contribution in [3.63, 3.8) is 0 Å². The Bertz CT molecular complexity index is 310. The molecule has 0 amide bonds. The van der Waals surface area contributed by atoms with Crippen LogP contribution in [0.4, 0.5) is 0 Å². The third-order valence-electron chi connectivity index (χ3n) is 2.35. The molecular weight excluding hydrogens is 264 g/mol. The van der Waals surface area contributed by atoms with E-state index in [2.05, 4.69) is 21.0 Å². The molecule has 1 aromatic rings. The third kappa shape index (κ3) is 1.93. The first kappa shape index (κ1) is 10.4. The quantitative estimate of drug-likeness (QED) is 0.831. The molecule has 0 aliphatic carbocycles. The van der Waals surface area contributed by atoms with Gasteiger partial charge in [-0.25, -0.2) is 4.68 Å². The predicted octanol–water partition coefficient (Wildman–Crippen LogP) is 3.07. The van der Waals surface area contributed by atoms with Crippen LogP contribution in [-0.2, 0) is 0 Å². The molecule has 1 atom stereocenters. The summed E-state index contributed by atoms with van der Waals surface area (Å²) in [7, 11) is 1.67. The van der Waals surface area contributed by atoms with Gasteiger partial charge in [-0.3, -0.25) is 0 Å². The monoisotopic (exact) mass is 276 g/mol. The number of ether oxygens (including phenoxy) is 1. The topological polar surface area (TPSA) is 27.1 Å². The highest BCUT2D eigenvalue weighted by Crippen LogP contribution is 2.37. The van der Waals surface area contributed by atoms with E-state index in [1.807, 2.05) is 16.4 Å². The summed E-state index contributed by atoms with van der Waals surface area (Å²) < 4.78 is 8.15. The first-order valence-corrected chi connectivity index (χ1v) is 6.55. The van der Waals surface area contributed by atoms with Crippen molar-refractivity contribution in [2.75, 3.05) is 12.9 Å². The molecule has 2 rings (SSSR count). The Morgan fingerprint density at radius 2 is 2.50 bits per heavy atom. The predicted molar refractivity (Wildman–Crippen MR) is 61.8 cm³/mol. The molecule has 1 saturated heterocycles. The van der Waals surface area contributed by atoms with Gasteiger partial charge in [0.2, 0.25) is 0 Å². The molecule has 0 saturated carbocycles. The third-order valence-corrected chi connectivity index (χ3v) is 4.45. The van der Waals surface area contributed by atoms with Gasteiger partial charge in [0.1, 0.15) is 4.60 Å². The van der Waals surface area contributed by atoms with E-state index in [1.165, 1.54) is 25.0 Å². The number of methoxy groups -OCH3 is 1. The molecule has 3 nitrogen and oxygen atoms in total. The lowest BCUT2D eigenvalue weighted by atomic mass is 10.2. The van der Waals surface area contributed by atoms with Crippen LogP contribution >= 0.6 is 27.7 Å². The van der Waals surface area contributed by atoms with Crippen molar-refractivity contribution in [3.8, 4) is 5.75 Å². The SMILES string of the molecule is COc1cnn(C2CCCCS2)c1Br. The lowest BCUT2D eigenvalue weighted by molar-refractivity contribution is 0.409. The zero-order valence-electron chi connectivity index (χ0n) is 8.07. The van der Waals surface area contributed by atoms with Gasteiger partial charge in [0.05, 0.1) is 18.7 Å². The van der Waals surface area contributed by atoms with Gasteiger partial charge in [-0.2, -0.15) is 5.10 Å². The maximum Gasteiger partial charge on any atom is 0.171 e. The summed E-state index contributed by atoms with van der Waals surface area (Å²) in [4.78, 5) is 0. The van der Waals surface area contributed by atoms with Crippen LogP contribution in [0.5, 0.6) is 5.75 Å². The number of nitrogens with zero attached hydrogens (tertiary/aromatic N) is 2. The van der Waals surface area contributed by atoms with Crippen LogP contribution in [0.15, 0.2) is 10.8 Å². The number of hydrogen-bond acceptors (Lipinski definition) is 3. The second kappa shape index (κ2) is 4.57. The van der Waals surface area contributed by atoms with E-state index in [-0.39, 0.29) is 0 Å². The van der Waals surface area contributed by atoms with Gasteiger partial charge in [-0.1, -0.05) is 0 Å². The zero-order chi connectivity index (χ0) is 9.97. The van der Waals surface area contributed by atoms with Gasteiger partial charge < -0.3 is 4.74 Å². The number of thioether (sulfide) groups is 1. The van der Waals surface area contributed by atoms with Crippen molar-refractivity contribution in [3.05, 3.63) is 10.8 Å². The summed E-state index contributed by atoms with van der Waals surface area (Å²) in [5.74, 6) is 2.05. The molecule has 1 aliphatic heterocycles. The Kier molecular flexibility index (Phi) is 3.38. The minimum Gasteiger partial charge on any atom is -0.492 e. The summed E-state index contributed by atoms with van der Waals surface area (Å²) in [6.45, 7) is 0. The van der Waals surface area contributed by atoms with Crippen molar-refractivity contribution in [1.29, 1.82) is 0 Å². The minimum absolute atomic E-state index is 0.474. The van der Waals surface area contributed by atoms with E-state index in [0.717, 1.165) is 10.4 Å². The Morgan fingerprint density at radius 3 is 3.07 bits per heavy atom. The first-order chi connectivity index (χ1) is 6.83. The van der Waals surface area contributed by atoms with Crippen molar-refractivity contribution in [2.24, 2.45) is 0 Å². The number of rotatable bonds is 2. The Morgan fingerprint density at radius 1 is 1.64 bits per heavy atom. The molecule has 0 N–H and O–H groups in total. The van der Waals surface area contributed by atoms with E-state index in [9.17, 15) is 0 Å². The minimum atomic E-state index is 0.474. The zero-order valence-corrected chi connectivity index (χ0v) is 10.5. The maximum atomic E-state index is 5.18. The molecular formula is C9H13BrN2OS. The van der Waals surface area contributed by atoms with Crippen molar-refractivity contribution >= 4 is 27.7 Å². The highest BCUT2D eigenvalue weighted by molar-refractivity contribution is 9.10. The van der Waals surface area contributed by atoms with Gasteiger partial charge in [-0.05, 0) is 40.9 Å². The van der Waals surface area contributed by atoms with E-state index < -0.39 is 0 Å². The molecule has 78 valence electrons. The maximum absolute atomic E-state index is 5.18. The van der Waals surface area contributed by atoms with Crippen LogP contribution in [-0.4, -0.2) is 22.6 Å². The fourth-order valence-electron chi connectivity index (χ4n) is 1.59. The molecule has 0 bridgehead atoms. The molecule has 0 radical (unpaired) electrons. The molecule has 1 aromatic heterocycles. The van der Waals surface area contributed by atoms with Crippen LogP contribution in [0.25, 0.3) is 0 Å². The second-order valence-corrected chi connectivity index (χ2v) is 5.31. The lowest BCUT2D eigenvalue weighted by Gasteiger charge is -2.22. The van der Waals surface area contributed by atoms with Crippen LogP contribution in [0, 0.1) is 0 Å². The highest BCUT2D eigenvalue weighted by atomic mass is 79.9. The summed E-state index contributed by atoms with van der Waals surface area (Å²) in [5, 5.41) is 4.81. The number of aromatic nitrogens is 2. The summed E-state index contributed by atoms with van der Waals surface area (Å²) in [6.07, 6.45) is 5.59. The molecule has 2 heterocycles. The van der Waals surface area contributed by atoms with Crippen LogP contribution in [0.2, 0.25) is 0 Å². The van der Waals surface area contributed by atoms with Gasteiger partial charge >= 0.3 is 0 Å². The molecule has 1 fully saturated rings. The largest absolute Gasteiger partial charge is 0.492 e. The Labute approximate surface area is 96.3 Å². The number of hydrogen-bond donors (Lipinski definition) is 0. The fourth-order valence-corrected chi connectivity index (χ4v) is 3.60. The van der Waals surface area contributed by atoms with Crippen LogP contribution in [0.3, 0.4) is 0 Å². The van der Waals surface area contributed by atoms with Gasteiger partial charge in [0.25, 0.3) is 0 Å². The molecule has 0 spiro atoms. The molecule has 1 unspecified atom stereocenters. The van der Waals surface area contributed by atoms with Gasteiger partial charge in [-0.15, -0.1) is 11.8 Å². The summed E-state index contributed by atoms with van der Waals surface area (Å²) in [6, 6.07) is 0. The van der Waals surface area contributed by atoms with Crippen molar-refractivity contribution < 1.29 is 4.74 Å². The molecule has 1 aliphatic rings. The van der Waals surface area contributed by atoms with Gasteiger partial charge in [0, 0.05) is 0 Å². The average molecular weight is 277 g/mol. The smallest absolute Gasteiger partial charge is 0.171 e. The highest BCUT2D eigenvalue weighted by Gasteiger charge is 2.20. The van der Waals surface area contributed by atoms with E-state index in [4.69, 9.17) is 4.74 Å². The van der Waals surface area contributed by atoms with E-state index in [1.54, 1.807) is 13.3 Å². The van der Waals surface area contributed by atoms with E-state index >= 15 is 0 Å². The van der Waals surface area contributed by atoms with Crippen LogP contribution in [0.1, 0.15) is 24.6 Å². The van der Waals surface area contributed by atoms with Crippen molar-refractivity contribution in [1.82, 2.24) is 9.78 Å². The normalized spacial score (nSPS) is 22.3. The average Bonchev–Trinajstić information content (AvgIpc) is 2.61. The van der Waals surface area contributed by atoms with Crippen LogP contribution < -0.4 is 4.74 Å². The molecule has 5 heteroatoms. The number of halogens is 1. The van der Waals surface area contributed by atoms with Gasteiger partial charge in [0.15, 0.2) is 5.75 Å². The molecule has 0 aromatic carbocycles. The van der Waals surface area contributed by atoms with Crippen molar-refractivity contribution in [2.45, 2.75) is 24.6 Å². The lowest BCUT2D eigenvalue weighted by Crippen LogP contribution is -2.11. The molecule has 14 heavy (non-hydrogen) atoms. The fraction of sp³-hybridized carbons (Fsp3) is 0.667. The standard InChI is InChI=1S/C9H13BrN2OS/c1-13-7-6-11-12(9(7)10)8-4-2-3-5-14-8/h6,8H,2-5H2,1H3. The second-order valence-electron chi connectivity index (χ2n) is 3.27.